The summed E-state index contributed by atoms with van der Waals surface area (Å²) in [7, 11) is 1.60. The monoisotopic (exact) mass is 486 g/mol. The van der Waals surface area contributed by atoms with Crippen LogP contribution in [0.2, 0.25) is 0 Å². The van der Waals surface area contributed by atoms with Crippen molar-refractivity contribution in [3.05, 3.63) is 83.9 Å². The molecule has 0 saturated carbocycles. The lowest BCUT2D eigenvalue weighted by atomic mass is 10.2. The summed E-state index contributed by atoms with van der Waals surface area (Å²) in [4.78, 5) is 26.0. The first kappa shape index (κ1) is 24.0. The van der Waals surface area contributed by atoms with Crippen molar-refractivity contribution in [1.29, 1.82) is 0 Å². The van der Waals surface area contributed by atoms with Crippen LogP contribution >= 0.6 is 11.8 Å². The van der Waals surface area contributed by atoms with Crippen molar-refractivity contribution in [3.63, 3.8) is 0 Å². The topological polar surface area (TPSA) is 101 Å². The van der Waals surface area contributed by atoms with E-state index < -0.39 is 0 Å². The zero-order valence-electron chi connectivity index (χ0n) is 19.7. The smallest absolute Gasteiger partial charge is 0.234 e. The molecule has 0 spiro atoms. The number of ether oxygens (including phenoxy) is 1. The lowest BCUT2D eigenvalue weighted by molar-refractivity contribution is -0.113. The number of anilines is 5. The number of hydrogen-bond donors (Lipinski definition) is 3. The van der Waals surface area contributed by atoms with E-state index in [2.05, 4.69) is 30.9 Å². The summed E-state index contributed by atoms with van der Waals surface area (Å²) in [5.74, 6) is 1.48. The number of rotatable bonds is 9. The predicted octanol–water partition coefficient (Wildman–Crippen LogP) is 5.72. The van der Waals surface area contributed by atoms with Gasteiger partial charge in [-0.05, 0) is 62.4 Å². The third kappa shape index (κ3) is 7.18. The molecule has 0 fully saturated rings. The number of carbonyl (C=O) groups is 1. The quantitative estimate of drug-likeness (QED) is 0.259. The Balaban J connectivity index is 1.48. The van der Waals surface area contributed by atoms with Gasteiger partial charge in [-0.15, -0.1) is 0 Å². The summed E-state index contributed by atoms with van der Waals surface area (Å²) in [5.41, 5.74) is 4.72. The van der Waals surface area contributed by atoms with E-state index in [0.717, 1.165) is 28.3 Å². The second-order valence-electron chi connectivity index (χ2n) is 7.81. The van der Waals surface area contributed by atoms with Crippen LogP contribution in [0.15, 0.2) is 78.0 Å². The van der Waals surface area contributed by atoms with E-state index >= 15 is 0 Å². The summed E-state index contributed by atoms with van der Waals surface area (Å²) >= 11 is 1.23. The van der Waals surface area contributed by atoms with Gasteiger partial charge in [0, 0.05) is 17.1 Å². The molecule has 0 atom stereocenters. The number of aryl methyl sites for hydroxylation is 2. The Bertz CT molecular complexity index is 1210. The average Bonchev–Trinajstić information content (AvgIpc) is 2.86. The minimum atomic E-state index is -0.165. The average molecular weight is 487 g/mol. The maximum absolute atomic E-state index is 12.5. The Hall–Kier alpha value is -4.11. The first-order valence-electron chi connectivity index (χ1n) is 11.0. The second-order valence-corrected chi connectivity index (χ2v) is 8.76. The van der Waals surface area contributed by atoms with E-state index in [1.54, 1.807) is 31.4 Å². The highest BCUT2D eigenvalue weighted by atomic mass is 32.2. The summed E-state index contributed by atoms with van der Waals surface area (Å²) in [6.45, 7) is 4.06. The lowest BCUT2D eigenvalue weighted by Crippen LogP contribution is -2.14. The Morgan fingerprint density at radius 3 is 1.71 bits per heavy atom. The molecule has 9 heteroatoms. The first-order valence-corrected chi connectivity index (χ1v) is 12.0. The lowest BCUT2D eigenvalue weighted by Gasteiger charge is -2.11. The van der Waals surface area contributed by atoms with Gasteiger partial charge in [-0.2, -0.15) is 15.0 Å². The molecule has 3 aromatic carbocycles. The van der Waals surface area contributed by atoms with Crippen LogP contribution < -0.4 is 20.7 Å². The van der Waals surface area contributed by atoms with Gasteiger partial charge in [0.15, 0.2) is 5.16 Å². The first-order chi connectivity index (χ1) is 17.0. The maximum Gasteiger partial charge on any atom is 0.234 e. The Morgan fingerprint density at radius 1 is 0.743 bits per heavy atom. The fourth-order valence-electron chi connectivity index (χ4n) is 3.07. The van der Waals surface area contributed by atoms with Crippen molar-refractivity contribution in [3.8, 4) is 5.75 Å². The highest BCUT2D eigenvalue weighted by Crippen LogP contribution is 2.22. The Kier molecular flexibility index (Phi) is 7.79. The van der Waals surface area contributed by atoms with Crippen LogP contribution in [0.25, 0.3) is 0 Å². The van der Waals surface area contributed by atoms with Gasteiger partial charge >= 0.3 is 0 Å². The molecule has 0 aliphatic rings. The summed E-state index contributed by atoms with van der Waals surface area (Å²) in [6, 6.07) is 23.0. The standard InChI is InChI=1S/C26H26N6O2S/c1-17-4-8-20(9-5-17)28-24-30-25(29-21-10-6-18(2)7-11-21)32-26(31-24)35-16-23(33)27-19-12-14-22(34-3)15-13-19/h4-15H,16H2,1-3H3,(H,27,33)(H2,28,29,30,31,32). The number of amides is 1. The molecule has 0 saturated heterocycles. The number of thioether (sulfide) groups is 1. The molecule has 4 aromatic rings. The molecule has 0 bridgehead atoms. The molecule has 4 rings (SSSR count). The van der Waals surface area contributed by atoms with Crippen LogP contribution in [0, 0.1) is 13.8 Å². The molecule has 178 valence electrons. The van der Waals surface area contributed by atoms with Crippen molar-refractivity contribution in [2.24, 2.45) is 0 Å². The third-order valence-electron chi connectivity index (χ3n) is 4.94. The molecular formula is C26H26N6O2S. The van der Waals surface area contributed by atoms with Gasteiger partial charge in [0.2, 0.25) is 17.8 Å². The van der Waals surface area contributed by atoms with Gasteiger partial charge in [-0.3, -0.25) is 4.79 Å². The van der Waals surface area contributed by atoms with Crippen molar-refractivity contribution in [2.75, 3.05) is 28.8 Å². The Morgan fingerprint density at radius 2 is 1.23 bits per heavy atom. The molecule has 0 radical (unpaired) electrons. The number of nitrogens with zero attached hydrogens (tertiary/aromatic N) is 3. The van der Waals surface area contributed by atoms with Crippen molar-refractivity contribution < 1.29 is 9.53 Å². The van der Waals surface area contributed by atoms with E-state index in [-0.39, 0.29) is 11.7 Å². The zero-order valence-corrected chi connectivity index (χ0v) is 20.5. The summed E-state index contributed by atoms with van der Waals surface area (Å²) < 4.78 is 5.15. The number of aromatic nitrogens is 3. The van der Waals surface area contributed by atoms with Gasteiger partial charge < -0.3 is 20.7 Å². The molecule has 3 N–H and O–H groups in total. The van der Waals surface area contributed by atoms with E-state index in [4.69, 9.17) is 4.74 Å². The van der Waals surface area contributed by atoms with Crippen LogP contribution in [-0.4, -0.2) is 33.7 Å². The van der Waals surface area contributed by atoms with E-state index in [1.807, 2.05) is 62.4 Å². The molecule has 0 aliphatic carbocycles. The fraction of sp³-hybridized carbons (Fsp3) is 0.154. The highest BCUT2D eigenvalue weighted by molar-refractivity contribution is 7.99. The number of hydrogen-bond acceptors (Lipinski definition) is 8. The molecule has 35 heavy (non-hydrogen) atoms. The molecule has 1 amide bonds. The number of methoxy groups -OCH3 is 1. The van der Waals surface area contributed by atoms with Crippen molar-refractivity contribution in [1.82, 2.24) is 15.0 Å². The van der Waals surface area contributed by atoms with Gasteiger partial charge in [0.05, 0.1) is 12.9 Å². The number of benzene rings is 3. The van der Waals surface area contributed by atoms with E-state index in [1.165, 1.54) is 11.8 Å². The third-order valence-corrected chi connectivity index (χ3v) is 5.78. The van der Waals surface area contributed by atoms with Crippen LogP contribution in [0.3, 0.4) is 0 Å². The summed E-state index contributed by atoms with van der Waals surface area (Å²) in [5, 5.41) is 9.72. The minimum Gasteiger partial charge on any atom is -0.497 e. The Labute approximate surface area is 208 Å². The van der Waals surface area contributed by atoms with Gasteiger partial charge in [-0.1, -0.05) is 47.2 Å². The molecule has 1 aromatic heterocycles. The van der Waals surface area contributed by atoms with Crippen LogP contribution in [0.1, 0.15) is 11.1 Å². The van der Waals surface area contributed by atoms with Gasteiger partial charge in [0.1, 0.15) is 5.75 Å². The largest absolute Gasteiger partial charge is 0.497 e. The van der Waals surface area contributed by atoms with Crippen LogP contribution in [0.5, 0.6) is 5.75 Å². The molecule has 8 nitrogen and oxygen atoms in total. The minimum absolute atomic E-state index is 0.143. The molecule has 0 unspecified atom stereocenters. The SMILES string of the molecule is COc1ccc(NC(=O)CSc2nc(Nc3ccc(C)cc3)nc(Nc3ccc(C)cc3)n2)cc1. The van der Waals surface area contributed by atoms with Crippen molar-refractivity contribution >= 4 is 46.6 Å². The number of nitrogens with one attached hydrogen (secondary N) is 3. The summed E-state index contributed by atoms with van der Waals surface area (Å²) in [6.07, 6.45) is 0. The van der Waals surface area contributed by atoms with Crippen LogP contribution in [-0.2, 0) is 4.79 Å². The van der Waals surface area contributed by atoms with Crippen molar-refractivity contribution in [2.45, 2.75) is 19.0 Å². The van der Waals surface area contributed by atoms with E-state index in [0.29, 0.717) is 22.7 Å². The predicted molar refractivity (Wildman–Crippen MR) is 141 cm³/mol. The van der Waals surface area contributed by atoms with Gasteiger partial charge in [0.25, 0.3) is 0 Å². The number of carbonyl (C=O) groups excluding carboxylic acids is 1. The molecule has 0 aliphatic heterocycles. The normalized spacial score (nSPS) is 10.5. The molecular weight excluding hydrogens is 460 g/mol. The van der Waals surface area contributed by atoms with Crippen LogP contribution in [0.4, 0.5) is 29.0 Å². The van der Waals surface area contributed by atoms with Gasteiger partial charge in [-0.25, -0.2) is 0 Å². The molecule has 1 heterocycles. The highest BCUT2D eigenvalue weighted by Gasteiger charge is 2.11. The maximum atomic E-state index is 12.5. The second kappa shape index (κ2) is 11.3. The fourth-order valence-corrected chi connectivity index (χ4v) is 3.70. The van der Waals surface area contributed by atoms with E-state index in [9.17, 15) is 4.79 Å². The zero-order chi connectivity index (χ0) is 24.6.